The van der Waals surface area contributed by atoms with Crippen molar-refractivity contribution in [2.75, 3.05) is 0 Å². The number of carbonyl (C=O) groups excluding carboxylic acids is 3. The fraction of sp³-hybridized carbons (Fsp3) is 0.526. The van der Waals surface area contributed by atoms with Crippen molar-refractivity contribution in [2.45, 2.75) is 38.4 Å². The highest BCUT2D eigenvalue weighted by Gasteiger charge is 2.70. The lowest BCUT2D eigenvalue weighted by molar-refractivity contribution is -0.185. The summed E-state index contributed by atoms with van der Waals surface area (Å²) in [6.45, 7) is 2.23. The Morgan fingerprint density at radius 1 is 1.29 bits per heavy atom. The summed E-state index contributed by atoms with van der Waals surface area (Å²) in [7, 11) is 0. The molecule has 150 valence electrons. The summed E-state index contributed by atoms with van der Waals surface area (Å²) >= 11 is 2.14. The van der Waals surface area contributed by atoms with Gasteiger partial charge >= 0.3 is 23.8 Å². The van der Waals surface area contributed by atoms with Gasteiger partial charge in [-0.05, 0) is 59.7 Å². The molecule has 1 aliphatic heterocycles. The Hall–Kier alpha value is -1.78. The molecule has 9 heteroatoms. The number of hydrogen-bond donors (Lipinski definition) is 0. The van der Waals surface area contributed by atoms with Gasteiger partial charge in [-0.25, -0.2) is 4.79 Å². The summed E-state index contributed by atoms with van der Waals surface area (Å²) in [4.78, 5) is 36.8. The molecule has 4 rings (SSSR count). The van der Waals surface area contributed by atoms with E-state index in [1.54, 1.807) is 19.1 Å². The molecule has 1 aromatic rings. The van der Waals surface area contributed by atoms with E-state index in [9.17, 15) is 23.2 Å². The molecule has 0 radical (unpaired) electrons. The first-order valence-electron chi connectivity index (χ1n) is 8.85. The average molecular weight is 506 g/mol. The number of esters is 3. The highest BCUT2D eigenvalue weighted by molar-refractivity contribution is 14.1. The first-order chi connectivity index (χ1) is 13.1. The van der Waals surface area contributed by atoms with Crippen LogP contribution in [0.2, 0.25) is 0 Å². The maximum absolute atomic E-state index is 13.3. The Labute approximate surface area is 173 Å². The number of halogens is 3. The number of carbonyl (C=O) groups is 3. The van der Waals surface area contributed by atoms with Crippen molar-refractivity contribution < 1.29 is 37.4 Å². The minimum absolute atomic E-state index is 0.337. The van der Waals surface area contributed by atoms with E-state index in [2.05, 4.69) is 22.6 Å². The first-order valence-corrected chi connectivity index (χ1v) is 9.93. The molecule has 3 fully saturated rings. The van der Waals surface area contributed by atoms with Crippen molar-refractivity contribution in [1.82, 2.24) is 0 Å². The van der Waals surface area contributed by atoms with Crippen LogP contribution in [0.3, 0.4) is 0 Å². The lowest BCUT2D eigenvalue weighted by atomic mass is 9.78. The SMILES string of the molecule is Cc1cc(I)ccc1OC(=O)C1C2CC3C(OC(=O)C31)C2OC(=O)C(C)(F)F. The van der Waals surface area contributed by atoms with Crippen LogP contribution in [0.1, 0.15) is 18.9 Å². The summed E-state index contributed by atoms with van der Waals surface area (Å²) < 4.78 is 43.3. The highest BCUT2D eigenvalue weighted by Crippen LogP contribution is 2.59. The van der Waals surface area contributed by atoms with Crippen molar-refractivity contribution in [1.29, 1.82) is 0 Å². The lowest BCUT2D eigenvalue weighted by Gasteiger charge is -2.30. The van der Waals surface area contributed by atoms with Gasteiger partial charge in [-0.2, -0.15) is 8.78 Å². The number of aryl methyl sites for hydroxylation is 1. The summed E-state index contributed by atoms with van der Waals surface area (Å²) in [5, 5.41) is 0. The lowest BCUT2D eigenvalue weighted by Crippen LogP contribution is -2.46. The van der Waals surface area contributed by atoms with Crippen LogP contribution in [0.5, 0.6) is 5.75 Å². The van der Waals surface area contributed by atoms with E-state index in [4.69, 9.17) is 14.2 Å². The van der Waals surface area contributed by atoms with E-state index in [1.165, 1.54) is 0 Å². The Kier molecular flexibility index (Phi) is 4.63. The van der Waals surface area contributed by atoms with Crippen LogP contribution in [0.25, 0.3) is 0 Å². The Bertz CT molecular complexity index is 866. The molecule has 2 aliphatic carbocycles. The number of fused-ring (bicyclic) bond motifs is 1. The second-order valence-electron chi connectivity index (χ2n) is 7.61. The molecule has 2 saturated carbocycles. The summed E-state index contributed by atoms with van der Waals surface area (Å²) in [5.41, 5.74) is 0.754. The van der Waals surface area contributed by atoms with Crippen LogP contribution in [0, 0.1) is 34.2 Å². The summed E-state index contributed by atoms with van der Waals surface area (Å²) in [6.07, 6.45) is -1.46. The van der Waals surface area contributed by atoms with E-state index in [0.29, 0.717) is 19.1 Å². The number of hydrogen-bond acceptors (Lipinski definition) is 6. The predicted molar refractivity (Wildman–Crippen MR) is 98.5 cm³/mol. The Morgan fingerprint density at radius 2 is 2.00 bits per heavy atom. The predicted octanol–water partition coefficient (Wildman–Crippen LogP) is 2.88. The van der Waals surface area contributed by atoms with Gasteiger partial charge in [0.15, 0.2) is 0 Å². The zero-order valence-corrected chi connectivity index (χ0v) is 17.1. The van der Waals surface area contributed by atoms with Gasteiger partial charge in [0, 0.05) is 22.3 Å². The molecule has 0 N–H and O–H groups in total. The molecule has 2 bridgehead atoms. The van der Waals surface area contributed by atoms with Crippen molar-refractivity contribution in [3.05, 3.63) is 27.3 Å². The normalized spacial score (nSPS) is 33.0. The molecule has 1 aromatic carbocycles. The molecule has 1 heterocycles. The van der Waals surface area contributed by atoms with Crippen LogP contribution >= 0.6 is 22.6 Å². The van der Waals surface area contributed by atoms with Crippen LogP contribution in [0.4, 0.5) is 8.78 Å². The molecule has 1 saturated heterocycles. The first kappa shape index (κ1) is 19.5. The van der Waals surface area contributed by atoms with E-state index < -0.39 is 53.8 Å². The Morgan fingerprint density at radius 3 is 2.64 bits per heavy atom. The molecular formula is C19H17F2IO6. The monoisotopic (exact) mass is 506 g/mol. The van der Waals surface area contributed by atoms with Gasteiger partial charge in [0.2, 0.25) is 0 Å². The largest absolute Gasteiger partial charge is 0.458 e. The van der Waals surface area contributed by atoms with Gasteiger partial charge in [-0.15, -0.1) is 0 Å². The minimum atomic E-state index is -3.67. The second-order valence-corrected chi connectivity index (χ2v) is 8.85. The van der Waals surface area contributed by atoms with Crippen LogP contribution in [-0.2, 0) is 23.9 Å². The second kappa shape index (κ2) is 6.64. The molecule has 3 aliphatic rings. The van der Waals surface area contributed by atoms with Gasteiger partial charge < -0.3 is 14.2 Å². The maximum atomic E-state index is 13.3. The van der Waals surface area contributed by atoms with Gasteiger partial charge in [0.1, 0.15) is 18.0 Å². The third-order valence-corrected chi connectivity index (χ3v) is 6.44. The van der Waals surface area contributed by atoms with Crippen LogP contribution < -0.4 is 4.74 Å². The van der Waals surface area contributed by atoms with Gasteiger partial charge in [-0.1, -0.05) is 0 Å². The molecule has 0 spiro atoms. The number of ether oxygens (including phenoxy) is 3. The van der Waals surface area contributed by atoms with Crippen LogP contribution in [0.15, 0.2) is 18.2 Å². The number of benzene rings is 1. The fourth-order valence-electron chi connectivity index (χ4n) is 4.60. The number of rotatable bonds is 4. The third-order valence-electron chi connectivity index (χ3n) is 5.77. The molecule has 28 heavy (non-hydrogen) atoms. The van der Waals surface area contributed by atoms with Gasteiger partial charge in [-0.3, -0.25) is 9.59 Å². The van der Waals surface area contributed by atoms with Gasteiger partial charge in [0.25, 0.3) is 0 Å². The van der Waals surface area contributed by atoms with Crippen molar-refractivity contribution in [3.8, 4) is 5.75 Å². The molecule has 0 amide bonds. The number of alkyl halides is 2. The van der Waals surface area contributed by atoms with Crippen molar-refractivity contribution in [2.24, 2.45) is 23.7 Å². The van der Waals surface area contributed by atoms with E-state index in [0.717, 1.165) is 9.13 Å². The maximum Gasteiger partial charge on any atom is 0.377 e. The molecule has 0 aromatic heterocycles. The quantitative estimate of drug-likeness (QED) is 0.355. The van der Waals surface area contributed by atoms with Crippen molar-refractivity contribution >= 4 is 40.5 Å². The molecule has 6 nitrogen and oxygen atoms in total. The zero-order valence-electron chi connectivity index (χ0n) is 15.0. The molecular weight excluding hydrogens is 489 g/mol. The average Bonchev–Trinajstić information content (AvgIpc) is 3.19. The zero-order chi connectivity index (χ0) is 20.4. The van der Waals surface area contributed by atoms with E-state index >= 15 is 0 Å². The Balaban J connectivity index is 1.58. The highest BCUT2D eigenvalue weighted by atomic mass is 127. The molecule has 6 atom stereocenters. The summed E-state index contributed by atoms with van der Waals surface area (Å²) in [6, 6.07) is 5.29. The van der Waals surface area contributed by atoms with Gasteiger partial charge in [0.05, 0.1) is 11.8 Å². The third kappa shape index (κ3) is 3.07. The summed E-state index contributed by atoms with van der Waals surface area (Å²) in [5.74, 6) is -8.70. The fourth-order valence-corrected chi connectivity index (χ4v) is 5.25. The minimum Gasteiger partial charge on any atom is -0.458 e. The standard InChI is InChI=1S/C19H17F2IO6/c1-7-5-8(22)3-4-11(7)26-16(23)12-10-6-9-13(12)17(24)27-14(9)15(10)28-18(25)19(2,20)21/h3-5,9-10,12-15H,6H2,1-2H3. The smallest absolute Gasteiger partial charge is 0.377 e. The topological polar surface area (TPSA) is 78.9 Å². The van der Waals surface area contributed by atoms with Crippen molar-refractivity contribution in [3.63, 3.8) is 0 Å². The molecule has 6 unspecified atom stereocenters. The van der Waals surface area contributed by atoms with Crippen LogP contribution in [-0.4, -0.2) is 36.0 Å². The van der Waals surface area contributed by atoms with E-state index in [-0.39, 0.29) is 5.92 Å². The van der Waals surface area contributed by atoms with E-state index in [1.807, 2.05) is 6.07 Å².